The summed E-state index contributed by atoms with van der Waals surface area (Å²) in [7, 11) is 1.88. The highest BCUT2D eigenvalue weighted by molar-refractivity contribution is 5.48. The van der Waals surface area contributed by atoms with Crippen molar-refractivity contribution < 1.29 is 0 Å². The average molecular weight is 216 g/mol. The van der Waals surface area contributed by atoms with E-state index in [0.29, 0.717) is 0 Å². The summed E-state index contributed by atoms with van der Waals surface area (Å²) in [6.45, 7) is 6.18. The number of hydrogen-bond acceptors (Lipinski definition) is 3. The third-order valence-corrected chi connectivity index (χ3v) is 2.91. The summed E-state index contributed by atoms with van der Waals surface area (Å²) < 4.78 is 1.93. The van der Waals surface area contributed by atoms with Crippen molar-refractivity contribution in [3.8, 4) is 5.69 Å². The Labute approximate surface area is 95.3 Å². The minimum Gasteiger partial charge on any atom is -0.387 e. The lowest BCUT2D eigenvalue weighted by molar-refractivity contribution is 0.828. The second-order valence-corrected chi connectivity index (χ2v) is 3.89. The second-order valence-electron chi connectivity index (χ2n) is 3.89. The van der Waals surface area contributed by atoms with Crippen molar-refractivity contribution >= 4 is 5.69 Å². The Bertz CT molecular complexity index is 514. The number of nitrogens with one attached hydrogen (secondary N) is 1. The molecule has 0 spiro atoms. The molecule has 0 atom stereocenters. The molecule has 0 aliphatic heterocycles. The molecule has 2 aromatic rings. The highest BCUT2D eigenvalue weighted by Crippen LogP contribution is 2.18. The Balaban J connectivity index is 2.54. The number of pyridine rings is 1. The zero-order valence-electron chi connectivity index (χ0n) is 10.1. The van der Waals surface area contributed by atoms with Gasteiger partial charge in [0.1, 0.15) is 0 Å². The second kappa shape index (κ2) is 3.96. The van der Waals surface area contributed by atoms with Gasteiger partial charge in [-0.25, -0.2) is 4.68 Å². The number of aryl methyl sites for hydroxylation is 1. The van der Waals surface area contributed by atoms with E-state index in [4.69, 9.17) is 0 Å². The minimum absolute atomic E-state index is 0.987. The third-order valence-electron chi connectivity index (χ3n) is 2.91. The lowest BCUT2D eigenvalue weighted by Crippen LogP contribution is -2.01. The van der Waals surface area contributed by atoms with E-state index in [-0.39, 0.29) is 0 Å². The van der Waals surface area contributed by atoms with Gasteiger partial charge in [0.25, 0.3) is 0 Å². The molecule has 84 valence electrons. The summed E-state index contributed by atoms with van der Waals surface area (Å²) in [5.74, 6) is 0. The normalized spacial score (nSPS) is 10.5. The van der Waals surface area contributed by atoms with Gasteiger partial charge in [-0.2, -0.15) is 5.10 Å². The Kier molecular flexibility index (Phi) is 2.64. The first-order chi connectivity index (χ1) is 7.63. The molecule has 0 aliphatic rings. The zero-order valence-corrected chi connectivity index (χ0v) is 10.1. The molecule has 2 heterocycles. The number of anilines is 1. The van der Waals surface area contributed by atoms with Crippen LogP contribution in [0.1, 0.15) is 17.0 Å². The van der Waals surface area contributed by atoms with Crippen LogP contribution in [0.3, 0.4) is 0 Å². The topological polar surface area (TPSA) is 42.7 Å². The van der Waals surface area contributed by atoms with E-state index in [2.05, 4.69) is 29.2 Å². The van der Waals surface area contributed by atoms with Gasteiger partial charge in [0.2, 0.25) is 0 Å². The Hall–Kier alpha value is -1.84. The maximum atomic E-state index is 4.50. The first-order valence-electron chi connectivity index (χ1n) is 5.29. The van der Waals surface area contributed by atoms with Gasteiger partial charge in [0.05, 0.1) is 29.5 Å². The molecular formula is C12H16N4. The summed E-state index contributed by atoms with van der Waals surface area (Å²) >= 11 is 0. The van der Waals surface area contributed by atoms with E-state index >= 15 is 0 Å². The Morgan fingerprint density at radius 1 is 1.19 bits per heavy atom. The van der Waals surface area contributed by atoms with E-state index < -0.39 is 0 Å². The van der Waals surface area contributed by atoms with Crippen LogP contribution in [0.5, 0.6) is 0 Å². The highest BCUT2D eigenvalue weighted by atomic mass is 15.3. The summed E-state index contributed by atoms with van der Waals surface area (Å²) in [5, 5.41) is 7.58. The van der Waals surface area contributed by atoms with Crippen LogP contribution >= 0.6 is 0 Å². The van der Waals surface area contributed by atoms with Crippen LogP contribution in [0, 0.1) is 20.8 Å². The summed E-state index contributed by atoms with van der Waals surface area (Å²) in [6.07, 6.45) is 3.61. The smallest absolute Gasteiger partial charge is 0.0852 e. The molecule has 16 heavy (non-hydrogen) atoms. The Morgan fingerprint density at radius 3 is 2.50 bits per heavy atom. The molecule has 0 saturated heterocycles. The molecule has 4 heteroatoms. The standard InChI is InChI=1S/C12H16N4/c1-8-9(2)15-16(10(8)3)12-5-11(13-4)6-14-7-12/h5-7,13H,1-4H3. The molecule has 2 rings (SSSR count). The summed E-state index contributed by atoms with van der Waals surface area (Å²) in [4.78, 5) is 4.19. The fraction of sp³-hybridized carbons (Fsp3) is 0.333. The zero-order chi connectivity index (χ0) is 11.7. The van der Waals surface area contributed by atoms with Gasteiger partial charge in [-0.3, -0.25) is 4.98 Å². The predicted molar refractivity (Wildman–Crippen MR) is 65.1 cm³/mol. The Morgan fingerprint density at radius 2 is 1.94 bits per heavy atom. The van der Waals surface area contributed by atoms with Gasteiger partial charge in [-0.15, -0.1) is 0 Å². The van der Waals surface area contributed by atoms with Crippen LogP contribution in [0.2, 0.25) is 0 Å². The molecule has 0 amide bonds. The number of aromatic nitrogens is 3. The molecule has 0 aromatic carbocycles. The van der Waals surface area contributed by atoms with Crippen molar-refractivity contribution in [1.82, 2.24) is 14.8 Å². The molecule has 0 bridgehead atoms. The van der Waals surface area contributed by atoms with Crippen molar-refractivity contribution in [2.24, 2.45) is 0 Å². The van der Waals surface area contributed by atoms with Gasteiger partial charge in [-0.05, 0) is 32.4 Å². The first kappa shape index (κ1) is 10.7. The van der Waals surface area contributed by atoms with Crippen LogP contribution in [-0.4, -0.2) is 21.8 Å². The van der Waals surface area contributed by atoms with Gasteiger partial charge in [-0.1, -0.05) is 0 Å². The van der Waals surface area contributed by atoms with Crippen LogP contribution < -0.4 is 5.32 Å². The van der Waals surface area contributed by atoms with Crippen molar-refractivity contribution in [3.05, 3.63) is 35.4 Å². The molecule has 0 unspecified atom stereocenters. The van der Waals surface area contributed by atoms with E-state index in [9.17, 15) is 0 Å². The van der Waals surface area contributed by atoms with Gasteiger partial charge < -0.3 is 5.32 Å². The predicted octanol–water partition coefficient (Wildman–Crippen LogP) is 2.23. The number of rotatable bonds is 2. The SMILES string of the molecule is CNc1cncc(-n2nc(C)c(C)c2C)c1. The van der Waals surface area contributed by atoms with Crippen LogP contribution in [0.25, 0.3) is 5.69 Å². The molecule has 0 radical (unpaired) electrons. The van der Waals surface area contributed by atoms with E-state index in [1.54, 1.807) is 6.20 Å². The maximum absolute atomic E-state index is 4.50. The van der Waals surface area contributed by atoms with Crippen LogP contribution in [-0.2, 0) is 0 Å². The summed E-state index contributed by atoms with van der Waals surface area (Å²) in [6, 6.07) is 2.03. The first-order valence-corrected chi connectivity index (χ1v) is 5.29. The number of hydrogen-bond donors (Lipinski definition) is 1. The molecule has 2 aromatic heterocycles. The minimum atomic E-state index is 0.987. The van der Waals surface area contributed by atoms with E-state index in [1.807, 2.05) is 30.9 Å². The average Bonchev–Trinajstić information content (AvgIpc) is 2.57. The fourth-order valence-electron chi connectivity index (χ4n) is 1.65. The van der Waals surface area contributed by atoms with Gasteiger partial charge in [0.15, 0.2) is 0 Å². The molecule has 0 aliphatic carbocycles. The largest absolute Gasteiger partial charge is 0.387 e. The van der Waals surface area contributed by atoms with Crippen LogP contribution in [0.15, 0.2) is 18.5 Å². The third kappa shape index (κ3) is 1.66. The van der Waals surface area contributed by atoms with Crippen molar-refractivity contribution in [2.45, 2.75) is 20.8 Å². The van der Waals surface area contributed by atoms with Crippen molar-refractivity contribution in [3.63, 3.8) is 0 Å². The quantitative estimate of drug-likeness (QED) is 0.837. The molecule has 4 nitrogen and oxygen atoms in total. The molecule has 1 N–H and O–H groups in total. The van der Waals surface area contributed by atoms with Crippen molar-refractivity contribution in [1.29, 1.82) is 0 Å². The fourth-order valence-corrected chi connectivity index (χ4v) is 1.65. The van der Waals surface area contributed by atoms with Crippen LogP contribution in [0.4, 0.5) is 5.69 Å². The lowest BCUT2D eigenvalue weighted by Gasteiger charge is -2.06. The maximum Gasteiger partial charge on any atom is 0.0852 e. The lowest BCUT2D eigenvalue weighted by atomic mass is 10.2. The van der Waals surface area contributed by atoms with Gasteiger partial charge in [0, 0.05) is 12.7 Å². The monoisotopic (exact) mass is 216 g/mol. The summed E-state index contributed by atoms with van der Waals surface area (Å²) in [5.41, 5.74) is 5.43. The van der Waals surface area contributed by atoms with Crippen molar-refractivity contribution in [2.75, 3.05) is 12.4 Å². The van der Waals surface area contributed by atoms with E-state index in [1.165, 1.54) is 5.56 Å². The van der Waals surface area contributed by atoms with E-state index in [0.717, 1.165) is 22.8 Å². The number of nitrogens with zero attached hydrogens (tertiary/aromatic N) is 3. The highest BCUT2D eigenvalue weighted by Gasteiger charge is 2.09. The van der Waals surface area contributed by atoms with Gasteiger partial charge >= 0.3 is 0 Å². The molecule has 0 fully saturated rings. The molecular weight excluding hydrogens is 200 g/mol. The molecule has 0 saturated carbocycles.